The van der Waals surface area contributed by atoms with Gasteiger partial charge in [-0.05, 0) is 17.9 Å². The zero-order chi connectivity index (χ0) is 14.1. The van der Waals surface area contributed by atoms with Crippen molar-refractivity contribution in [1.29, 1.82) is 0 Å². The van der Waals surface area contributed by atoms with E-state index in [4.69, 9.17) is 5.73 Å². The molecular formula is C15H26IN3O. The van der Waals surface area contributed by atoms with E-state index in [0.29, 0.717) is 18.4 Å². The fraction of sp³-hybridized carbons (Fsp3) is 0.533. The molecule has 0 spiro atoms. The standard InChI is InChI=1S/C15H25N3O.HI/c1-12(2)8-9-17-15(16)18-10-14(11-19)13-6-4-3-5-7-13;/h3-7,12,14,19H,8-11H2,1-2H3,(H3,16,17,18);1H. The minimum atomic E-state index is 0. The number of hydrogen-bond acceptors (Lipinski definition) is 2. The largest absolute Gasteiger partial charge is 0.396 e. The number of nitrogens with one attached hydrogen (secondary N) is 1. The van der Waals surface area contributed by atoms with Crippen LogP contribution < -0.4 is 11.1 Å². The van der Waals surface area contributed by atoms with Crippen molar-refractivity contribution in [1.82, 2.24) is 5.32 Å². The van der Waals surface area contributed by atoms with Crippen LogP contribution in [-0.4, -0.2) is 30.8 Å². The lowest BCUT2D eigenvalue weighted by molar-refractivity contribution is 0.268. The molecule has 0 aliphatic heterocycles. The van der Waals surface area contributed by atoms with Gasteiger partial charge in [0.15, 0.2) is 5.96 Å². The van der Waals surface area contributed by atoms with Crippen LogP contribution in [0.15, 0.2) is 35.3 Å². The minimum absolute atomic E-state index is 0. The number of aliphatic imine (C=N–C) groups is 1. The number of halogens is 1. The summed E-state index contributed by atoms with van der Waals surface area (Å²) in [6.45, 7) is 5.76. The summed E-state index contributed by atoms with van der Waals surface area (Å²) in [6, 6.07) is 9.89. The molecule has 1 rings (SSSR count). The second-order valence-corrected chi connectivity index (χ2v) is 5.13. The molecule has 20 heavy (non-hydrogen) atoms. The lowest BCUT2D eigenvalue weighted by Gasteiger charge is -2.13. The third-order valence-electron chi connectivity index (χ3n) is 3.00. The Balaban J connectivity index is 0.00000361. The Kier molecular flexibility index (Phi) is 10.5. The molecule has 1 aromatic rings. The molecule has 114 valence electrons. The van der Waals surface area contributed by atoms with Gasteiger partial charge in [0.2, 0.25) is 0 Å². The summed E-state index contributed by atoms with van der Waals surface area (Å²) >= 11 is 0. The van der Waals surface area contributed by atoms with Gasteiger partial charge in [0.1, 0.15) is 0 Å². The Labute approximate surface area is 138 Å². The maximum atomic E-state index is 9.41. The molecule has 0 aliphatic rings. The van der Waals surface area contributed by atoms with Gasteiger partial charge >= 0.3 is 0 Å². The van der Waals surface area contributed by atoms with Gasteiger partial charge in [-0.25, -0.2) is 0 Å². The van der Waals surface area contributed by atoms with Crippen molar-refractivity contribution in [2.45, 2.75) is 26.2 Å². The molecule has 0 aromatic heterocycles. The molecule has 4 nitrogen and oxygen atoms in total. The zero-order valence-corrected chi connectivity index (χ0v) is 14.6. The third kappa shape index (κ3) is 7.69. The molecule has 0 bridgehead atoms. The number of hydrogen-bond donors (Lipinski definition) is 3. The summed E-state index contributed by atoms with van der Waals surface area (Å²) in [5, 5.41) is 12.5. The van der Waals surface area contributed by atoms with E-state index in [9.17, 15) is 5.11 Å². The first-order valence-corrected chi connectivity index (χ1v) is 6.83. The molecule has 0 aliphatic carbocycles. The topological polar surface area (TPSA) is 70.6 Å². The summed E-state index contributed by atoms with van der Waals surface area (Å²) in [4.78, 5) is 4.29. The predicted molar refractivity (Wildman–Crippen MR) is 95.6 cm³/mol. The van der Waals surface area contributed by atoms with Gasteiger partial charge in [-0.3, -0.25) is 4.99 Å². The molecule has 0 saturated carbocycles. The Morgan fingerprint density at radius 3 is 2.50 bits per heavy atom. The van der Waals surface area contributed by atoms with Gasteiger partial charge in [0, 0.05) is 12.5 Å². The van der Waals surface area contributed by atoms with Crippen molar-refractivity contribution in [3.8, 4) is 0 Å². The number of aliphatic hydroxyl groups excluding tert-OH is 1. The molecule has 4 N–H and O–H groups in total. The smallest absolute Gasteiger partial charge is 0.188 e. The Morgan fingerprint density at radius 1 is 1.30 bits per heavy atom. The van der Waals surface area contributed by atoms with E-state index >= 15 is 0 Å². The number of guanidine groups is 1. The van der Waals surface area contributed by atoms with Gasteiger partial charge in [-0.1, -0.05) is 44.2 Å². The molecule has 5 heteroatoms. The number of benzene rings is 1. The summed E-state index contributed by atoms with van der Waals surface area (Å²) in [7, 11) is 0. The normalized spacial score (nSPS) is 12.9. The van der Waals surface area contributed by atoms with Crippen LogP contribution in [0.25, 0.3) is 0 Å². The molecule has 0 fully saturated rings. The highest BCUT2D eigenvalue weighted by atomic mass is 127. The van der Waals surface area contributed by atoms with Crippen LogP contribution in [0.1, 0.15) is 31.7 Å². The second kappa shape index (κ2) is 10.9. The van der Waals surface area contributed by atoms with Crippen LogP contribution in [0.3, 0.4) is 0 Å². The molecule has 0 saturated heterocycles. The molecule has 1 atom stereocenters. The van der Waals surface area contributed by atoms with E-state index in [1.165, 1.54) is 0 Å². The monoisotopic (exact) mass is 391 g/mol. The van der Waals surface area contributed by atoms with Crippen LogP contribution in [0.2, 0.25) is 0 Å². The molecule has 0 radical (unpaired) electrons. The quantitative estimate of drug-likeness (QED) is 0.380. The molecular weight excluding hydrogens is 365 g/mol. The van der Waals surface area contributed by atoms with E-state index in [1.54, 1.807) is 0 Å². The van der Waals surface area contributed by atoms with Crippen molar-refractivity contribution in [3.05, 3.63) is 35.9 Å². The van der Waals surface area contributed by atoms with Gasteiger partial charge in [-0.2, -0.15) is 0 Å². The van der Waals surface area contributed by atoms with Crippen LogP contribution in [0.5, 0.6) is 0 Å². The number of rotatable bonds is 7. The highest BCUT2D eigenvalue weighted by Gasteiger charge is 2.09. The average molecular weight is 391 g/mol. The first-order chi connectivity index (χ1) is 9.13. The van der Waals surface area contributed by atoms with Crippen LogP contribution in [0.4, 0.5) is 0 Å². The van der Waals surface area contributed by atoms with Crippen molar-refractivity contribution < 1.29 is 5.11 Å². The Bertz CT molecular complexity index is 382. The van der Waals surface area contributed by atoms with E-state index in [1.807, 2.05) is 30.3 Å². The van der Waals surface area contributed by atoms with E-state index in [2.05, 4.69) is 24.2 Å². The fourth-order valence-electron chi connectivity index (χ4n) is 1.75. The van der Waals surface area contributed by atoms with Gasteiger partial charge in [-0.15, -0.1) is 24.0 Å². The summed E-state index contributed by atoms with van der Waals surface area (Å²) < 4.78 is 0. The highest BCUT2D eigenvalue weighted by Crippen LogP contribution is 2.14. The fourth-order valence-corrected chi connectivity index (χ4v) is 1.75. The van der Waals surface area contributed by atoms with Crippen molar-refractivity contribution in [2.75, 3.05) is 19.7 Å². The molecule has 0 amide bonds. The Morgan fingerprint density at radius 2 is 1.95 bits per heavy atom. The van der Waals surface area contributed by atoms with E-state index < -0.39 is 0 Å². The van der Waals surface area contributed by atoms with Crippen molar-refractivity contribution >= 4 is 29.9 Å². The summed E-state index contributed by atoms with van der Waals surface area (Å²) in [6.07, 6.45) is 1.07. The maximum absolute atomic E-state index is 9.41. The van der Waals surface area contributed by atoms with Crippen molar-refractivity contribution in [3.63, 3.8) is 0 Å². The van der Waals surface area contributed by atoms with E-state index in [-0.39, 0.29) is 36.5 Å². The minimum Gasteiger partial charge on any atom is -0.396 e. The van der Waals surface area contributed by atoms with Gasteiger partial charge < -0.3 is 16.2 Å². The number of nitrogens with two attached hydrogens (primary N) is 1. The number of aliphatic hydroxyl groups is 1. The van der Waals surface area contributed by atoms with Crippen LogP contribution >= 0.6 is 24.0 Å². The van der Waals surface area contributed by atoms with Crippen molar-refractivity contribution in [2.24, 2.45) is 16.6 Å². The predicted octanol–water partition coefficient (Wildman–Crippen LogP) is 2.33. The van der Waals surface area contributed by atoms with Crippen LogP contribution in [-0.2, 0) is 0 Å². The van der Waals surface area contributed by atoms with E-state index in [0.717, 1.165) is 18.5 Å². The average Bonchev–Trinajstić information content (AvgIpc) is 2.40. The highest BCUT2D eigenvalue weighted by molar-refractivity contribution is 14.0. The summed E-state index contributed by atoms with van der Waals surface area (Å²) in [5.74, 6) is 1.11. The Hall–Kier alpha value is -0.820. The lowest BCUT2D eigenvalue weighted by Crippen LogP contribution is -2.33. The molecule has 1 unspecified atom stereocenters. The zero-order valence-electron chi connectivity index (χ0n) is 12.2. The van der Waals surface area contributed by atoms with Gasteiger partial charge in [0.05, 0.1) is 13.2 Å². The van der Waals surface area contributed by atoms with Gasteiger partial charge in [0.25, 0.3) is 0 Å². The maximum Gasteiger partial charge on any atom is 0.188 e. The first-order valence-electron chi connectivity index (χ1n) is 6.83. The first kappa shape index (κ1) is 19.2. The second-order valence-electron chi connectivity index (χ2n) is 5.13. The van der Waals surface area contributed by atoms with Crippen LogP contribution in [0, 0.1) is 5.92 Å². The molecule has 1 aromatic carbocycles. The summed E-state index contributed by atoms with van der Waals surface area (Å²) in [5.41, 5.74) is 6.89. The number of nitrogens with zero attached hydrogens (tertiary/aromatic N) is 1. The third-order valence-corrected chi connectivity index (χ3v) is 3.00. The molecule has 0 heterocycles. The SMILES string of the molecule is CC(C)CCNC(N)=NCC(CO)c1ccccc1.I. The lowest BCUT2D eigenvalue weighted by atomic mass is 10.0.